The number of ether oxygens (including phenoxy) is 1. The molecule has 4 rings (SSSR count). The second kappa shape index (κ2) is 11.0. The summed E-state index contributed by atoms with van der Waals surface area (Å²) in [5.41, 5.74) is -0.134. The van der Waals surface area contributed by atoms with Gasteiger partial charge in [-0.25, -0.2) is 9.97 Å². The summed E-state index contributed by atoms with van der Waals surface area (Å²) in [6.07, 6.45) is -1.38. The molecular weight excluding hydrogens is 563 g/mol. The van der Waals surface area contributed by atoms with Crippen LogP contribution in [0.2, 0.25) is 23.2 Å². The van der Waals surface area contributed by atoms with E-state index in [1.165, 1.54) is 19.6 Å². The van der Waals surface area contributed by atoms with Crippen LogP contribution in [0.3, 0.4) is 0 Å². The van der Waals surface area contributed by atoms with Crippen LogP contribution in [-0.4, -0.2) is 46.4 Å². The number of halogens is 4. The Balaban J connectivity index is 1.86. The molecule has 0 aliphatic heterocycles. The fraction of sp³-hybridized carbons (Fsp3) is 0.407. The van der Waals surface area contributed by atoms with Crippen LogP contribution in [0.5, 0.6) is 5.75 Å². The largest absolute Gasteiger partial charge is 0.495 e. The van der Waals surface area contributed by atoms with E-state index in [-0.39, 0.29) is 39.2 Å². The molecule has 0 aliphatic rings. The molecule has 0 fully saturated rings. The van der Waals surface area contributed by atoms with Gasteiger partial charge in [-0.3, -0.25) is 4.68 Å². The first-order valence-corrected chi connectivity index (χ1v) is 15.8. The Kier molecular flexibility index (Phi) is 8.17. The molecule has 40 heavy (non-hydrogen) atoms. The lowest BCUT2D eigenvalue weighted by Gasteiger charge is -2.38. The molecule has 8 nitrogen and oxygen atoms in total. The van der Waals surface area contributed by atoms with Crippen LogP contribution in [0.1, 0.15) is 33.4 Å². The topological polar surface area (TPSA) is 88.1 Å². The molecule has 1 unspecified atom stereocenters. The molecule has 214 valence electrons. The van der Waals surface area contributed by atoms with E-state index in [2.05, 4.69) is 54.1 Å². The Labute approximate surface area is 236 Å². The average molecular weight is 594 g/mol. The van der Waals surface area contributed by atoms with E-state index in [1.54, 1.807) is 31.2 Å². The summed E-state index contributed by atoms with van der Waals surface area (Å²) in [4.78, 5) is 8.20. The number of nitrogens with zero attached hydrogens (tertiary/aromatic N) is 5. The molecule has 13 heteroatoms. The number of hydrogen-bond acceptors (Lipinski definition) is 7. The van der Waals surface area contributed by atoms with Crippen molar-refractivity contribution in [1.29, 1.82) is 0 Å². The van der Waals surface area contributed by atoms with Crippen molar-refractivity contribution in [2.24, 2.45) is 0 Å². The van der Waals surface area contributed by atoms with Crippen molar-refractivity contribution in [2.45, 2.75) is 64.7 Å². The van der Waals surface area contributed by atoms with Crippen molar-refractivity contribution in [2.75, 3.05) is 7.11 Å². The van der Waals surface area contributed by atoms with Gasteiger partial charge in [0.2, 0.25) is 0 Å². The molecule has 0 spiro atoms. The normalized spacial score (nSPS) is 13.5. The highest BCUT2D eigenvalue weighted by Crippen LogP contribution is 2.46. The van der Waals surface area contributed by atoms with E-state index < -0.39 is 26.3 Å². The van der Waals surface area contributed by atoms with Gasteiger partial charge >= 0.3 is 6.18 Å². The Hall–Kier alpha value is -3.22. The maximum atomic E-state index is 14.6. The Morgan fingerprint density at radius 3 is 2.45 bits per heavy atom. The average Bonchev–Trinajstić information content (AvgIpc) is 3.48. The SMILES string of the molecule is COc1cccc(-c2noc(-c3cnn(CC(C)O[Si](C)(C)C(C)(C)C)c3C(F)(F)F)c2-c2ccncn2)c1Cl. The zero-order valence-corrected chi connectivity index (χ0v) is 25.1. The molecule has 0 saturated heterocycles. The van der Waals surface area contributed by atoms with Gasteiger partial charge in [-0.1, -0.05) is 49.7 Å². The number of rotatable bonds is 8. The lowest BCUT2D eigenvalue weighted by Crippen LogP contribution is -2.44. The fourth-order valence-electron chi connectivity index (χ4n) is 4.13. The number of alkyl halides is 3. The standard InChI is InChI=1S/C27H31ClF3N5O3Si/c1-16(39-40(6,7)26(2,3)4)14-36-25(27(29,30)31)18(13-34-36)24-21(19-11-12-32-15-33-19)23(35-38-24)17-9-8-10-20(37-5)22(17)28/h8-13,15-16H,14H2,1-7H3. The van der Waals surface area contributed by atoms with Crippen molar-refractivity contribution >= 4 is 19.9 Å². The summed E-state index contributed by atoms with van der Waals surface area (Å²) in [5.74, 6) is 0.223. The van der Waals surface area contributed by atoms with Gasteiger partial charge in [0.25, 0.3) is 0 Å². The van der Waals surface area contributed by atoms with Crippen molar-refractivity contribution in [1.82, 2.24) is 24.9 Å². The second-order valence-corrected chi connectivity index (χ2v) is 16.1. The summed E-state index contributed by atoms with van der Waals surface area (Å²) in [7, 11) is -0.768. The minimum atomic E-state index is -4.76. The summed E-state index contributed by atoms with van der Waals surface area (Å²) >= 11 is 6.56. The predicted octanol–water partition coefficient (Wildman–Crippen LogP) is 7.75. The lowest BCUT2D eigenvalue weighted by molar-refractivity contribution is -0.144. The summed E-state index contributed by atoms with van der Waals surface area (Å²) in [6.45, 7) is 12.0. The smallest absolute Gasteiger partial charge is 0.433 e. The van der Waals surface area contributed by atoms with E-state index in [0.29, 0.717) is 17.0 Å². The molecule has 1 atom stereocenters. The molecule has 3 aromatic heterocycles. The fourth-order valence-corrected chi connectivity index (χ4v) is 5.86. The van der Waals surface area contributed by atoms with Crippen LogP contribution in [0.4, 0.5) is 13.2 Å². The van der Waals surface area contributed by atoms with Gasteiger partial charge in [0, 0.05) is 11.8 Å². The molecule has 0 bridgehead atoms. The zero-order chi connectivity index (χ0) is 29.5. The maximum Gasteiger partial charge on any atom is 0.433 e. The lowest BCUT2D eigenvalue weighted by atomic mass is 9.99. The summed E-state index contributed by atoms with van der Waals surface area (Å²) < 4.78 is 62.0. The summed E-state index contributed by atoms with van der Waals surface area (Å²) in [5, 5.41) is 8.39. The second-order valence-electron chi connectivity index (χ2n) is 10.9. The van der Waals surface area contributed by atoms with Gasteiger partial charge in [-0.05, 0) is 37.2 Å². The number of benzene rings is 1. The molecule has 0 N–H and O–H groups in total. The van der Waals surface area contributed by atoms with Crippen LogP contribution in [0.25, 0.3) is 33.8 Å². The summed E-state index contributed by atoms with van der Waals surface area (Å²) in [6, 6.07) is 6.59. The van der Waals surface area contributed by atoms with Crippen molar-refractivity contribution in [3.05, 3.63) is 53.7 Å². The predicted molar refractivity (Wildman–Crippen MR) is 148 cm³/mol. The van der Waals surface area contributed by atoms with Gasteiger partial charge in [-0.15, -0.1) is 0 Å². The van der Waals surface area contributed by atoms with E-state index in [1.807, 2.05) is 0 Å². The Morgan fingerprint density at radius 2 is 1.85 bits per heavy atom. The van der Waals surface area contributed by atoms with Crippen molar-refractivity contribution < 1.29 is 26.9 Å². The van der Waals surface area contributed by atoms with Crippen LogP contribution in [0.15, 0.2) is 47.5 Å². The van der Waals surface area contributed by atoms with E-state index >= 15 is 0 Å². The monoisotopic (exact) mass is 593 g/mol. The third kappa shape index (κ3) is 5.79. The van der Waals surface area contributed by atoms with Gasteiger partial charge in [0.15, 0.2) is 19.8 Å². The highest BCUT2D eigenvalue weighted by atomic mass is 35.5. The van der Waals surface area contributed by atoms with Crippen LogP contribution in [-0.2, 0) is 17.1 Å². The van der Waals surface area contributed by atoms with Gasteiger partial charge < -0.3 is 13.7 Å². The Morgan fingerprint density at radius 1 is 1.12 bits per heavy atom. The molecule has 0 radical (unpaired) electrons. The van der Waals surface area contributed by atoms with E-state index in [4.69, 9.17) is 25.3 Å². The van der Waals surface area contributed by atoms with Crippen LogP contribution in [0, 0.1) is 0 Å². The molecule has 1 aromatic carbocycles. The third-order valence-corrected chi connectivity index (χ3v) is 12.0. The van der Waals surface area contributed by atoms with Crippen molar-refractivity contribution in [3.63, 3.8) is 0 Å². The maximum absolute atomic E-state index is 14.6. The first-order valence-electron chi connectivity index (χ1n) is 12.6. The highest BCUT2D eigenvalue weighted by Gasteiger charge is 2.42. The minimum absolute atomic E-state index is 0.104. The van der Waals surface area contributed by atoms with Crippen LogP contribution < -0.4 is 4.74 Å². The van der Waals surface area contributed by atoms with E-state index in [0.717, 1.165) is 10.9 Å². The molecule has 0 amide bonds. The quantitative estimate of drug-likeness (QED) is 0.193. The molecule has 0 saturated carbocycles. The first kappa shape index (κ1) is 29.8. The van der Waals surface area contributed by atoms with Gasteiger partial charge in [0.05, 0.1) is 47.8 Å². The number of hydrogen-bond donors (Lipinski definition) is 0. The molecule has 4 aromatic rings. The van der Waals surface area contributed by atoms with E-state index in [9.17, 15) is 13.2 Å². The van der Waals surface area contributed by atoms with Gasteiger partial charge in [0.1, 0.15) is 17.8 Å². The van der Waals surface area contributed by atoms with Crippen molar-refractivity contribution in [3.8, 4) is 39.6 Å². The third-order valence-electron chi connectivity index (χ3n) is 7.05. The minimum Gasteiger partial charge on any atom is -0.495 e. The first-order chi connectivity index (χ1) is 18.7. The number of aromatic nitrogens is 5. The zero-order valence-electron chi connectivity index (χ0n) is 23.3. The molecular formula is C27H31ClF3N5O3Si. The van der Waals surface area contributed by atoms with Gasteiger partial charge in [-0.2, -0.15) is 18.3 Å². The molecule has 3 heterocycles. The highest BCUT2D eigenvalue weighted by molar-refractivity contribution is 6.74. The number of methoxy groups -OCH3 is 1. The molecule has 0 aliphatic carbocycles. The van der Waals surface area contributed by atoms with Crippen LogP contribution >= 0.6 is 11.6 Å². The Bertz CT molecular complexity index is 1480.